The van der Waals surface area contributed by atoms with E-state index in [-0.39, 0.29) is 39.8 Å². The number of nitrogens with zero attached hydrogens (tertiary/aromatic N) is 2. The minimum Gasteiger partial charge on any atom is -0.299 e. The molecule has 1 aliphatic rings. The first-order chi connectivity index (χ1) is 9.77. The van der Waals surface area contributed by atoms with Crippen molar-refractivity contribution in [3.05, 3.63) is 20.5 Å². The van der Waals surface area contributed by atoms with Gasteiger partial charge in [-0.15, -0.1) is 11.3 Å². The standard InChI is InChI=1S/C11H13ClN2O5S2/c1-2-7-6-13(4-3-9(7)15)21(18,19)10-5-8(14(16)17)11(12)20-10/h5,7H,2-4,6H2,1H3. The van der Waals surface area contributed by atoms with Gasteiger partial charge in [-0.2, -0.15) is 4.31 Å². The third-order valence-electron chi connectivity index (χ3n) is 3.42. The Hall–Kier alpha value is -1.03. The van der Waals surface area contributed by atoms with E-state index < -0.39 is 20.6 Å². The van der Waals surface area contributed by atoms with Crippen LogP contribution in [0.5, 0.6) is 0 Å². The maximum Gasteiger partial charge on any atom is 0.300 e. The molecule has 0 radical (unpaired) electrons. The first-order valence-corrected chi connectivity index (χ1v) is 8.87. The van der Waals surface area contributed by atoms with Crippen LogP contribution in [0, 0.1) is 16.0 Å². The molecule has 0 aliphatic carbocycles. The predicted molar refractivity (Wildman–Crippen MR) is 78.1 cm³/mol. The third kappa shape index (κ3) is 3.10. The molecule has 2 heterocycles. The number of thiophene rings is 1. The van der Waals surface area contributed by atoms with Crippen LogP contribution >= 0.6 is 22.9 Å². The number of carbonyl (C=O) groups excluding carboxylic acids is 1. The molecule has 2 rings (SSSR count). The SMILES string of the molecule is CCC1CN(S(=O)(=O)c2cc([N+](=O)[O-])c(Cl)s2)CCC1=O. The second kappa shape index (κ2) is 5.99. The highest BCUT2D eigenvalue weighted by molar-refractivity contribution is 7.91. The lowest BCUT2D eigenvalue weighted by Crippen LogP contribution is -2.43. The van der Waals surface area contributed by atoms with Gasteiger partial charge in [-0.1, -0.05) is 18.5 Å². The molecule has 0 spiro atoms. The molecule has 116 valence electrons. The lowest BCUT2D eigenvalue weighted by atomic mass is 9.96. The highest BCUT2D eigenvalue weighted by Crippen LogP contribution is 2.38. The number of carbonyl (C=O) groups is 1. The highest BCUT2D eigenvalue weighted by atomic mass is 35.5. The first-order valence-electron chi connectivity index (χ1n) is 6.24. The van der Waals surface area contributed by atoms with Gasteiger partial charge in [0.1, 0.15) is 9.99 Å². The van der Waals surface area contributed by atoms with Gasteiger partial charge in [-0.25, -0.2) is 8.42 Å². The van der Waals surface area contributed by atoms with Crippen LogP contribution in [0.4, 0.5) is 5.69 Å². The summed E-state index contributed by atoms with van der Waals surface area (Å²) in [7, 11) is -3.85. The summed E-state index contributed by atoms with van der Waals surface area (Å²) in [6, 6.07) is 0.972. The largest absolute Gasteiger partial charge is 0.300 e. The molecule has 1 aliphatic heterocycles. The van der Waals surface area contributed by atoms with Gasteiger partial charge >= 0.3 is 0 Å². The summed E-state index contributed by atoms with van der Waals surface area (Å²) in [6.45, 7) is 2.04. The second-order valence-corrected chi connectivity index (χ2v) is 8.49. The van der Waals surface area contributed by atoms with E-state index in [1.807, 2.05) is 6.92 Å². The molecule has 7 nitrogen and oxygen atoms in total. The van der Waals surface area contributed by atoms with E-state index in [1.54, 1.807) is 0 Å². The fraction of sp³-hybridized carbons (Fsp3) is 0.545. The molecule has 1 atom stereocenters. The molecule has 0 N–H and O–H groups in total. The molecule has 1 unspecified atom stereocenters. The first kappa shape index (κ1) is 16.3. The van der Waals surface area contributed by atoms with Crippen molar-refractivity contribution < 1.29 is 18.1 Å². The Morgan fingerprint density at radius 2 is 2.24 bits per heavy atom. The minimum atomic E-state index is -3.85. The Morgan fingerprint density at radius 1 is 1.57 bits per heavy atom. The number of hydrogen-bond donors (Lipinski definition) is 0. The molecular formula is C11H13ClN2O5S2. The van der Waals surface area contributed by atoms with Crippen LogP contribution < -0.4 is 0 Å². The molecule has 0 aromatic carbocycles. The zero-order chi connectivity index (χ0) is 15.8. The van der Waals surface area contributed by atoms with Crippen molar-refractivity contribution in [2.24, 2.45) is 5.92 Å². The van der Waals surface area contributed by atoms with Gasteiger partial charge in [0.25, 0.3) is 15.7 Å². The molecule has 10 heteroatoms. The van der Waals surface area contributed by atoms with Crippen LogP contribution in [-0.2, 0) is 14.8 Å². The summed E-state index contributed by atoms with van der Waals surface area (Å²) in [4.78, 5) is 21.7. The average molecular weight is 353 g/mol. The molecule has 0 amide bonds. The molecule has 21 heavy (non-hydrogen) atoms. The molecular weight excluding hydrogens is 340 g/mol. The predicted octanol–water partition coefficient (Wildman–Crippen LogP) is 2.30. The van der Waals surface area contributed by atoms with Crippen LogP contribution in [0.3, 0.4) is 0 Å². The summed E-state index contributed by atoms with van der Waals surface area (Å²) < 4.78 is 25.8. The van der Waals surface area contributed by atoms with E-state index in [2.05, 4.69) is 0 Å². The van der Waals surface area contributed by atoms with E-state index in [0.717, 1.165) is 6.07 Å². The Morgan fingerprint density at radius 3 is 2.76 bits per heavy atom. The molecule has 1 saturated heterocycles. The van der Waals surface area contributed by atoms with Gasteiger partial charge in [0.05, 0.1) is 4.92 Å². The average Bonchev–Trinajstić information content (AvgIpc) is 2.82. The molecule has 1 fully saturated rings. The number of halogens is 1. The maximum atomic E-state index is 12.5. The summed E-state index contributed by atoms with van der Waals surface area (Å²) in [5.74, 6) is -0.266. The van der Waals surface area contributed by atoms with Gasteiger partial charge in [-0.05, 0) is 6.42 Å². The van der Waals surface area contributed by atoms with Gasteiger partial charge in [0.2, 0.25) is 0 Å². The Bertz CT molecular complexity index is 685. The Labute approximate surface area is 130 Å². The van der Waals surface area contributed by atoms with Crippen molar-refractivity contribution in [2.45, 2.75) is 24.0 Å². The van der Waals surface area contributed by atoms with E-state index in [4.69, 9.17) is 11.6 Å². The van der Waals surface area contributed by atoms with Crippen LogP contribution in [0.1, 0.15) is 19.8 Å². The second-order valence-electron chi connectivity index (χ2n) is 4.67. The van der Waals surface area contributed by atoms with E-state index in [1.165, 1.54) is 4.31 Å². The molecule has 1 aromatic rings. The smallest absolute Gasteiger partial charge is 0.299 e. The van der Waals surface area contributed by atoms with Crippen LogP contribution in [0.25, 0.3) is 0 Å². The van der Waals surface area contributed by atoms with E-state index in [0.29, 0.717) is 17.8 Å². The molecule has 0 bridgehead atoms. The maximum absolute atomic E-state index is 12.5. The van der Waals surface area contributed by atoms with Crippen molar-refractivity contribution in [1.29, 1.82) is 0 Å². The number of nitro groups is 1. The van der Waals surface area contributed by atoms with Crippen molar-refractivity contribution >= 4 is 44.4 Å². The minimum absolute atomic E-state index is 0.0548. The van der Waals surface area contributed by atoms with E-state index in [9.17, 15) is 23.3 Å². The van der Waals surface area contributed by atoms with Crippen molar-refractivity contribution in [3.63, 3.8) is 0 Å². The van der Waals surface area contributed by atoms with Crippen molar-refractivity contribution in [2.75, 3.05) is 13.1 Å². The lowest BCUT2D eigenvalue weighted by molar-refractivity contribution is -0.384. The lowest BCUT2D eigenvalue weighted by Gasteiger charge is -2.29. The fourth-order valence-electron chi connectivity index (χ4n) is 2.17. The van der Waals surface area contributed by atoms with E-state index >= 15 is 0 Å². The third-order valence-corrected chi connectivity index (χ3v) is 7.07. The number of piperidine rings is 1. The van der Waals surface area contributed by atoms with Crippen molar-refractivity contribution in [1.82, 2.24) is 4.31 Å². The summed E-state index contributed by atoms with van der Waals surface area (Å²) in [6.07, 6.45) is 0.731. The van der Waals surface area contributed by atoms with Gasteiger partial charge in [0.15, 0.2) is 4.34 Å². The van der Waals surface area contributed by atoms with Gasteiger partial charge in [0, 0.05) is 31.5 Å². The highest BCUT2D eigenvalue weighted by Gasteiger charge is 2.36. The monoisotopic (exact) mass is 352 g/mol. The summed E-state index contributed by atoms with van der Waals surface area (Å²) in [5, 5.41) is 10.8. The van der Waals surface area contributed by atoms with Crippen molar-refractivity contribution in [3.8, 4) is 0 Å². The van der Waals surface area contributed by atoms with Gasteiger partial charge < -0.3 is 0 Å². The fourth-order valence-corrected chi connectivity index (χ4v) is 5.48. The number of Topliss-reactive ketones (excluding diaryl/α,β-unsaturated/α-hetero) is 1. The Balaban J connectivity index is 2.32. The van der Waals surface area contributed by atoms with Crippen LogP contribution in [-0.4, -0.2) is 36.5 Å². The summed E-state index contributed by atoms with van der Waals surface area (Å²) >= 11 is 6.37. The quantitative estimate of drug-likeness (QED) is 0.611. The number of ketones is 1. The topological polar surface area (TPSA) is 97.6 Å². The Kier molecular flexibility index (Phi) is 4.66. The number of sulfonamides is 1. The van der Waals surface area contributed by atoms with Crippen LogP contribution in [0.2, 0.25) is 4.34 Å². The summed E-state index contributed by atoms with van der Waals surface area (Å²) in [5.41, 5.74) is -0.416. The number of rotatable bonds is 4. The zero-order valence-electron chi connectivity index (χ0n) is 11.1. The van der Waals surface area contributed by atoms with Crippen LogP contribution in [0.15, 0.2) is 10.3 Å². The number of hydrogen-bond acceptors (Lipinski definition) is 6. The molecule has 0 saturated carbocycles. The van der Waals surface area contributed by atoms with Gasteiger partial charge in [-0.3, -0.25) is 14.9 Å². The zero-order valence-corrected chi connectivity index (χ0v) is 13.5. The normalized spacial score (nSPS) is 20.7. The molecule has 1 aromatic heterocycles.